The standard InChI is InChI=1S/C4H2O3.C3H4O2.C2H4/c5-3-1-2-4(6)7-3;1-2-3(4)5;1-2/h1-2H;2H,1H2,(H,4,5);1-2H2. The van der Waals surface area contributed by atoms with Crippen LogP contribution in [-0.4, -0.2) is 23.0 Å². The molecule has 1 aliphatic heterocycles. The van der Waals surface area contributed by atoms with Gasteiger partial charge in [0, 0.05) is 18.2 Å². The molecule has 0 amide bonds. The van der Waals surface area contributed by atoms with Crippen LogP contribution in [0.15, 0.2) is 38.0 Å². The summed E-state index contributed by atoms with van der Waals surface area (Å²) in [4.78, 5) is 29.1. The number of cyclic esters (lactones) is 2. The summed E-state index contributed by atoms with van der Waals surface area (Å²) in [5.41, 5.74) is 0. The van der Waals surface area contributed by atoms with Crippen molar-refractivity contribution < 1.29 is 24.2 Å². The molecule has 0 spiro atoms. The molecule has 0 bridgehead atoms. The van der Waals surface area contributed by atoms with Gasteiger partial charge in [-0.3, -0.25) is 0 Å². The van der Waals surface area contributed by atoms with Gasteiger partial charge in [-0.25, -0.2) is 14.4 Å². The van der Waals surface area contributed by atoms with Gasteiger partial charge in [-0.1, -0.05) is 6.58 Å². The van der Waals surface area contributed by atoms with Crippen LogP contribution in [0.2, 0.25) is 0 Å². The number of carboxylic acid groups (broad SMARTS) is 1. The van der Waals surface area contributed by atoms with Crippen LogP contribution in [0, 0.1) is 0 Å². The van der Waals surface area contributed by atoms with Crippen LogP contribution in [0.5, 0.6) is 0 Å². The van der Waals surface area contributed by atoms with E-state index in [1.807, 2.05) is 0 Å². The monoisotopic (exact) mass is 198 g/mol. The molecule has 1 aliphatic rings. The van der Waals surface area contributed by atoms with Gasteiger partial charge in [-0.2, -0.15) is 0 Å². The van der Waals surface area contributed by atoms with Gasteiger partial charge in [0.15, 0.2) is 0 Å². The molecular formula is C9H10O5. The van der Waals surface area contributed by atoms with Crippen molar-refractivity contribution in [2.45, 2.75) is 0 Å². The molecule has 0 unspecified atom stereocenters. The maximum Gasteiger partial charge on any atom is 0.338 e. The third-order valence-electron chi connectivity index (χ3n) is 0.731. The fraction of sp³-hybridized carbons (Fsp3) is 0. The Kier molecular flexibility index (Phi) is 9.15. The molecule has 0 aliphatic carbocycles. The summed E-state index contributed by atoms with van der Waals surface area (Å²) >= 11 is 0. The van der Waals surface area contributed by atoms with Gasteiger partial charge < -0.3 is 9.84 Å². The minimum absolute atomic E-state index is 0.579. The normalized spacial score (nSPS) is 11.4. The van der Waals surface area contributed by atoms with Crippen molar-refractivity contribution in [2.24, 2.45) is 0 Å². The van der Waals surface area contributed by atoms with Crippen LogP contribution in [0.4, 0.5) is 0 Å². The second kappa shape index (κ2) is 8.92. The van der Waals surface area contributed by atoms with Crippen molar-refractivity contribution >= 4 is 17.9 Å². The van der Waals surface area contributed by atoms with Gasteiger partial charge in [0.2, 0.25) is 0 Å². The number of ether oxygens (including phenoxy) is 1. The fourth-order valence-electron chi connectivity index (χ4n) is 0.303. The first-order valence-electron chi connectivity index (χ1n) is 3.35. The van der Waals surface area contributed by atoms with Gasteiger partial charge in [0.25, 0.3) is 0 Å². The van der Waals surface area contributed by atoms with Crippen molar-refractivity contribution in [1.82, 2.24) is 0 Å². The Hall–Kier alpha value is -2.17. The van der Waals surface area contributed by atoms with E-state index < -0.39 is 17.9 Å². The third-order valence-corrected chi connectivity index (χ3v) is 0.731. The van der Waals surface area contributed by atoms with E-state index in [4.69, 9.17) is 5.11 Å². The summed E-state index contributed by atoms with van der Waals surface area (Å²) in [6, 6.07) is 0. The van der Waals surface area contributed by atoms with Crippen molar-refractivity contribution in [3.63, 3.8) is 0 Å². The Labute approximate surface area is 81.0 Å². The molecular weight excluding hydrogens is 188 g/mol. The Balaban J connectivity index is 0. The van der Waals surface area contributed by atoms with Crippen LogP contribution < -0.4 is 0 Å². The summed E-state index contributed by atoms with van der Waals surface area (Å²) < 4.78 is 3.97. The van der Waals surface area contributed by atoms with Crippen LogP contribution in [0.25, 0.3) is 0 Å². The van der Waals surface area contributed by atoms with Crippen molar-refractivity contribution in [2.75, 3.05) is 0 Å². The Morgan fingerprint density at radius 3 is 1.64 bits per heavy atom. The van der Waals surface area contributed by atoms with Crippen LogP contribution in [0.3, 0.4) is 0 Å². The highest BCUT2D eigenvalue weighted by molar-refractivity contribution is 6.04. The molecule has 0 saturated carbocycles. The Bertz CT molecular complexity index is 248. The molecule has 0 aromatic carbocycles. The second-order valence-electron chi connectivity index (χ2n) is 1.62. The van der Waals surface area contributed by atoms with E-state index in [2.05, 4.69) is 24.5 Å². The van der Waals surface area contributed by atoms with Crippen LogP contribution in [0.1, 0.15) is 0 Å². The molecule has 1 heterocycles. The lowest BCUT2D eigenvalue weighted by molar-refractivity contribution is -0.150. The van der Waals surface area contributed by atoms with E-state index in [0.29, 0.717) is 0 Å². The average molecular weight is 198 g/mol. The molecule has 0 radical (unpaired) electrons. The molecule has 0 saturated heterocycles. The first kappa shape index (κ1) is 14.4. The highest BCUT2D eigenvalue weighted by Gasteiger charge is 2.10. The number of carbonyl (C=O) groups excluding carboxylic acids is 2. The summed E-state index contributed by atoms with van der Waals surface area (Å²) in [6.45, 7) is 8.96. The zero-order valence-electron chi connectivity index (χ0n) is 7.43. The molecule has 14 heavy (non-hydrogen) atoms. The fourth-order valence-corrected chi connectivity index (χ4v) is 0.303. The van der Waals surface area contributed by atoms with Crippen LogP contribution in [-0.2, 0) is 19.1 Å². The summed E-state index contributed by atoms with van der Waals surface area (Å²) in [5, 5.41) is 7.60. The lowest BCUT2D eigenvalue weighted by Gasteiger charge is -1.80. The topological polar surface area (TPSA) is 80.7 Å². The lowest BCUT2D eigenvalue weighted by Crippen LogP contribution is -1.96. The number of aliphatic carboxylic acids is 1. The maximum atomic E-state index is 9.92. The van der Waals surface area contributed by atoms with E-state index in [-0.39, 0.29) is 0 Å². The second-order valence-corrected chi connectivity index (χ2v) is 1.62. The summed E-state index contributed by atoms with van der Waals surface area (Å²) in [6.07, 6.45) is 3.00. The molecule has 1 N–H and O–H groups in total. The summed E-state index contributed by atoms with van der Waals surface area (Å²) in [5.74, 6) is -2.14. The predicted molar refractivity (Wildman–Crippen MR) is 49.3 cm³/mol. The molecule has 1 rings (SSSR count). The molecule has 0 fully saturated rings. The number of hydrogen-bond donors (Lipinski definition) is 1. The lowest BCUT2D eigenvalue weighted by atomic mass is 10.6. The van der Waals surface area contributed by atoms with E-state index >= 15 is 0 Å². The SMILES string of the molecule is C=C.C=CC(=O)O.O=C1C=CC(=O)O1. The zero-order valence-corrected chi connectivity index (χ0v) is 7.43. The molecule has 0 aromatic heterocycles. The van der Waals surface area contributed by atoms with Gasteiger partial charge in [0.1, 0.15) is 0 Å². The first-order valence-corrected chi connectivity index (χ1v) is 3.35. The van der Waals surface area contributed by atoms with Gasteiger partial charge >= 0.3 is 17.9 Å². The average Bonchev–Trinajstić information content (AvgIpc) is 2.54. The molecule has 5 heteroatoms. The van der Waals surface area contributed by atoms with E-state index in [1.54, 1.807) is 0 Å². The van der Waals surface area contributed by atoms with Gasteiger partial charge in [-0.05, 0) is 0 Å². The van der Waals surface area contributed by atoms with Gasteiger partial charge in [-0.15, -0.1) is 13.2 Å². The molecule has 0 aromatic rings. The van der Waals surface area contributed by atoms with Gasteiger partial charge in [0.05, 0.1) is 0 Å². The van der Waals surface area contributed by atoms with Crippen molar-refractivity contribution in [3.05, 3.63) is 38.0 Å². The first-order chi connectivity index (χ1) is 6.56. The zero-order chi connectivity index (χ0) is 11.6. The quantitative estimate of drug-likeness (QED) is 0.290. The number of hydrogen-bond acceptors (Lipinski definition) is 4. The maximum absolute atomic E-state index is 9.92. The third kappa shape index (κ3) is 9.83. The Morgan fingerprint density at radius 1 is 1.29 bits per heavy atom. The van der Waals surface area contributed by atoms with Crippen LogP contribution >= 0.6 is 0 Å². The largest absolute Gasteiger partial charge is 0.478 e. The summed E-state index contributed by atoms with van der Waals surface area (Å²) in [7, 11) is 0. The Morgan fingerprint density at radius 2 is 1.57 bits per heavy atom. The number of rotatable bonds is 1. The molecule has 0 atom stereocenters. The van der Waals surface area contributed by atoms with E-state index in [0.717, 1.165) is 18.2 Å². The van der Waals surface area contributed by atoms with E-state index in [9.17, 15) is 14.4 Å². The molecule has 5 nitrogen and oxygen atoms in total. The molecule has 76 valence electrons. The van der Waals surface area contributed by atoms with Crippen molar-refractivity contribution in [3.8, 4) is 0 Å². The highest BCUT2D eigenvalue weighted by atomic mass is 16.6. The van der Waals surface area contributed by atoms with E-state index in [1.165, 1.54) is 0 Å². The number of carboxylic acids is 1. The highest BCUT2D eigenvalue weighted by Crippen LogP contribution is 1.92. The van der Waals surface area contributed by atoms with Crippen molar-refractivity contribution in [1.29, 1.82) is 0 Å². The number of carbonyl (C=O) groups is 3. The minimum atomic E-state index is -0.981. The smallest absolute Gasteiger partial charge is 0.338 e. The minimum Gasteiger partial charge on any atom is -0.478 e. The number of esters is 2. The predicted octanol–water partition coefficient (Wildman–Crippen LogP) is 0.685.